The predicted molar refractivity (Wildman–Crippen MR) is 130 cm³/mol. The van der Waals surface area contributed by atoms with Crippen LogP contribution in [0.4, 0.5) is 16.0 Å². The van der Waals surface area contributed by atoms with Gasteiger partial charge in [0.25, 0.3) is 0 Å². The van der Waals surface area contributed by atoms with Gasteiger partial charge in [-0.2, -0.15) is 0 Å². The fraction of sp³-hybridized carbons (Fsp3) is 0.429. The van der Waals surface area contributed by atoms with Crippen LogP contribution in [-0.4, -0.2) is 63.4 Å². The van der Waals surface area contributed by atoms with E-state index in [9.17, 15) is 9.18 Å². The zero-order chi connectivity index (χ0) is 23.1. The minimum Gasteiger partial charge on any atom is -0.478 e. The third-order valence-corrected chi connectivity index (χ3v) is 6.74. The lowest BCUT2D eigenvalue weighted by Gasteiger charge is -2.37. The third-order valence-electron chi connectivity index (χ3n) is 5.99. The largest absolute Gasteiger partial charge is 0.478 e. The summed E-state index contributed by atoms with van der Waals surface area (Å²) >= 11 is 8.44. The highest BCUT2D eigenvalue weighted by atomic mass is 127. The number of halogens is 3. The van der Waals surface area contributed by atoms with Gasteiger partial charge >= 0.3 is 5.97 Å². The van der Waals surface area contributed by atoms with Crippen molar-refractivity contribution in [2.24, 2.45) is 0 Å². The zero-order valence-corrected chi connectivity index (χ0v) is 20.5. The second kappa shape index (κ2) is 9.18. The average molecular weight is 587 g/mol. The molecule has 5 rings (SSSR count). The average Bonchev–Trinajstić information content (AvgIpc) is 3.19. The molecule has 4 heterocycles. The van der Waals surface area contributed by atoms with Crippen molar-refractivity contribution in [3.05, 3.63) is 38.6 Å². The lowest BCUT2D eigenvalue weighted by molar-refractivity contribution is -0.0289. The Labute approximate surface area is 207 Å². The molecule has 3 aromatic rings. The summed E-state index contributed by atoms with van der Waals surface area (Å²) in [6.45, 7) is 2.97. The second-order valence-electron chi connectivity index (χ2n) is 8.00. The van der Waals surface area contributed by atoms with E-state index in [0.29, 0.717) is 58.6 Å². The van der Waals surface area contributed by atoms with Crippen molar-refractivity contribution < 1.29 is 19.0 Å². The van der Waals surface area contributed by atoms with Gasteiger partial charge in [0.05, 0.1) is 11.3 Å². The Morgan fingerprint density at radius 2 is 1.91 bits per heavy atom. The van der Waals surface area contributed by atoms with Crippen molar-refractivity contribution in [2.75, 3.05) is 42.6 Å². The molecule has 12 heteroatoms. The Morgan fingerprint density at radius 3 is 2.58 bits per heavy atom. The smallest absolute Gasteiger partial charge is 0.335 e. The van der Waals surface area contributed by atoms with Gasteiger partial charge in [-0.1, -0.05) is 11.6 Å². The van der Waals surface area contributed by atoms with Crippen molar-refractivity contribution in [2.45, 2.75) is 25.5 Å². The number of carbonyl (C=O) groups is 1. The van der Waals surface area contributed by atoms with Crippen molar-refractivity contribution in [3.8, 4) is 0 Å². The number of imidazole rings is 1. The van der Waals surface area contributed by atoms with Crippen LogP contribution in [0.1, 0.15) is 35.8 Å². The Hall–Kier alpha value is -2.25. The van der Waals surface area contributed by atoms with Crippen LogP contribution in [0.3, 0.4) is 0 Å². The lowest BCUT2D eigenvalue weighted by atomic mass is 10.1. The summed E-state index contributed by atoms with van der Waals surface area (Å²) < 4.78 is 23.2. The monoisotopic (exact) mass is 586 g/mol. The highest BCUT2D eigenvalue weighted by molar-refractivity contribution is 14.1. The van der Waals surface area contributed by atoms with E-state index in [2.05, 4.69) is 14.9 Å². The standard InChI is InChI=1S/C21H21ClFIN6O3/c22-17-16-18(27-20(24)26-17)30(15-3-1-2-10-33-15)21(25-16)29-8-6-28(7-9-29)14-5-4-12(19(31)32)11-13(14)23/h4-5,11,15H,1-3,6-10H2,(H,31,32). The number of carboxylic acids is 1. The molecular formula is C21H21ClFIN6O3. The first-order valence-corrected chi connectivity index (χ1v) is 12.1. The lowest BCUT2D eigenvalue weighted by Crippen LogP contribution is -2.48. The highest BCUT2D eigenvalue weighted by Crippen LogP contribution is 2.34. The molecule has 2 saturated heterocycles. The topological polar surface area (TPSA) is 96.6 Å². The van der Waals surface area contributed by atoms with Gasteiger partial charge < -0.3 is 19.6 Å². The summed E-state index contributed by atoms with van der Waals surface area (Å²) in [6.07, 6.45) is 2.76. The number of aromatic carboxylic acids is 1. The fourth-order valence-electron chi connectivity index (χ4n) is 4.36. The molecule has 0 saturated carbocycles. The maximum Gasteiger partial charge on any atom is 0.335 e. The molecule has 0 radical (unpaired) electrons. The quantitative estimate of drug-likeness (QED) is 0.279. The van der Waals surface area contributed by atoms with Crippen LogP contribution < -0.4 is 9.80 Å². The zero-order valence-electron chi connectivity index (χ0n) is 17.5. The minimum atomic E-state index is -1.15. The molecule has 2 fully saturated rings. The van der Waals surface area contributed by atoms with Crippen LogP contribution >= 0.6 is 34.2 Å². The molecule has 0 amide bonds. The first kappa shape index (κ1) is 22.5. The Kier molecular flexibility index (Phi) is 6.27. The van der Waals surface area contributed by atoms with Gasteiger partial charge in [-0.15, -0.1) is 0 Å². The molecule has 1 atom stereocenters. The van der Waals surface area contributed by atoms with E-state index in [1.807, 2.05) is 32.1 Å². The number of benzene rings is 1. The van der Waals surface area contributed by atoms with Crippen LogP contribution in [0.5, 0.6) is 0 Å². The predicted octanol–water partition coefficient (Wildman–Crippen LogP) is 3.95. The molecular weight excluding hydrogens is 566 g/mol. The van der Waals surface area contributed by atoms with E-state index < -0.39 is 11.8 Å². The number of piperazine rings is 1. The van der Waals surface area contributed by atoms with E-state index >= 15 is 0 Å². The van der Waals surface area contributed by atoms with Crippen LogP contribution in [0.15, 0.2) is 18.2 Å². The summed E-state index contributed by atoms with van der Waals surface area (Å²) in [5, 5.41) is 9.38. The second-order valence-corrected chi connectivity index (χ2v) is 9.33. The summed E-state index contributed by atoms with van der Waals surface area (Å²) in [5.41, 5.74) is 1.52. The van der Waals surface area contributed by atoms with Crippen molar-refractivity contribution in [1.82, 2.24) is 19.5 Å². The van der Waals surface area contributed by atoms with Crippen LogP contribution in [-0.2, 0) is 4.74 Å². The summed E-state index contributed by atoms with van der Waals surface area (Å²) in [4.78, 5) is 28.8. The van der Waals surface area contributed by atoms with E-state index in [-0.39, 0.29) is 11.8 Å². The Bertz CT molecular complexity index is 1210. The Balaban J connectivity index is 1.44. The van der Waals surface area contributed by atoms with Gasteiger partial charge in [0.15, 0.2) is 14.6 Å². The van der Waals surface area contributed by atoms with Crippen LogP contribution in [0, 0.1) is 9.65 Å². The van der Waals surface area contributed by atoms with E-state index in [1.165, 1.54) is 12.1 Å². The minimum absolute atomic E-state index is 0.0660. The number of ether oxygens (including phenoxy) is 1. The molecule has 9 nitrogen and oxygen atoms in total. The van der Waals surface area contributed by atoms with Gasteiger partial charge in [-0.05, 0) is 37.5 Å². The van der Waals surface area contributed by atoms with Crippen molar-refractivity contribution >= 4 is 63.0 Å². The number of fused-ring (bicyclic) bond motifs is 1. The number of carboxylic acid groups (broad SMARTS) is 1. The van der Waals surface area contributed by atoms with Crippen molar-refractivity contribution in [3.63, 3.8) is 0 Å². The molecule has 1 aromatic carbocycles. The molecule has 33 heavy (non-hydrogen) atoms. The number of hydrogen-bond donors (Lipinski definition) is 1. The number of aromatic nitrogens is 4. The molecule has 1 N–H and O–H groups in total. The maximum absolute atomic E-state index is 14.6. The van der Waals surface area contributed by atoms with Gasteiger partial charge in [0.2, 0.25) is 5.95 Å². The molecule has 1 unspecified atom stereocenters. The van der Waals surface area contributed by atoms with Gasteiger partial charge in [-0.25, -0.2) is 24.1 Å². The van der Waals surface area contributed by atoms with Gasteiger partial charge in [0, 0.05) is 55.4 Å². The molecule has 2 aliphatic rings. The van der Waals surface area contributed by atoms with E-state index in [4.69, 9.17) is 26.4 Å². The summed E-state index contributed by atoms with van der Waals surface area (Å²) in [7, 11) is 0. The molecule has 0 spiro atoms. The summed E-state index contributed by atoms with van der Waals surface area (Å²) in [6, 6.07) is 4.01. The first-order valence-electron chi connectivity index (χ1n) is 10.7. The van der Waals surface area contributed by atoms with Crippen molar-refractivity contribution in [1.29, 1.82) is 0 Å². The highest BCUT2D eigenvalue weighted by Gasteiger charge is 2.30. The van der Waals surface area contributed by atoms with Gasteiger partial charge in [-0.3, -0.25) is 4.57 Å². The number of rotatable bonds is 4. The van der Waals surface area contributed by atoms with E-state index in [1.54, 1.807) is 0 Å². The number of nitrogens with zero attached hydrogens (tertiary/aromatic N) is 6. The number of anilines is 2. The molecule has 0 bridgehead atoms. The maximum atomic E-state index is 14.6. The molecule has 0 aliphatic carbocycles. The normalized spacial score (nSPS) is 19.3. The van der Waals surface area contributed by atoms with Gasteiger partial charge in [0.1, 0.15) is 17.6 Å². The van der Waals surface area contributed by atoms with Crippen LogP contribution in [0.25, 0.3) is 11.2 Å². The molecule has 174 valence electrons. The van der Waals surface area contributed by atoms with Crippen LogP contribution in [0.2, 0.25) is 5.15 Å². The fourth-order valence-corrected chi connectivity index (χ4v) is 5.18. The van der Waals surface area contributed by atoms with E-state index in [0.717, 1.165) is 31.3 Å². The number of hydrogen-bond acceptors (Lipinski definition) is 7. The molecule has 2 aromatic heterocycles. The third kappa shape index (κ3) is 4.33. The first-order chi connectivity index (χ1) is 15.9. The Morgan fingerprint density at radius 1 is 1.15 bits per heavy atom. The SMILES string of the molecule is O=C(O)c1ccc(N2CCN(c3nc4c(Cl)nc(I)nc4n3C3CCCCO3)CC2)c(F)c1. The summed E-state index contributed by atoms with van der Waals surface area (Å²) in [5.74, 6) is -0.968. The molecule has 2 aliphatic heterocycles.